The number of hydrogen-bond donors (Lipinski definition) is 2. The quantitative estimate of drug-likeness (QED) is 0.841. The molecule has 0 aliphatic heterocycles. The van der Waals surface area contributed by atoms with E-state index in [1.54, 1.807) is 0 Å². The summed E-state index contributed by atoms with van der Waals surface area (Å²) in [5.41, 5.74) is 1.07. The van der Waals surface area contributed by atoms with Crippen molar-refractivity contribution in [2.75, 3.05) is 6.61 Å². The summed E-state index contributed by atoms with van der Waals surface area (Å²) in [4.78, 5) is 14.5. The molecule has 1 aliphatic rings. The van der Waals surface area contributed by atoms with Gasteiger partial charge in [0.25, 0.3) is 5.91 Å². The zero-order valence-corrected chi connectivity index (χ0v) is 9.40. The highest BCUT2D eigenvalue weighted by molar-refractivity contribution is 5.81. The van der Waals surface area contributed by atoms with Gasteiger partial charge in [-0.15, -0.1) is 0 Å². The van der Waals surface area contributed by atoms with Gasteiger partial charge in [-0.1, -0.05) is 0 Å². The Morgan fingerprint density at radius 2 is 2.29 bits per heavy atom. The lowest BCUT2D eigenvalue weighted by molar-refractivity contribution is -0.123. The van der Waals surface area contributed by atoms with Crippen molar-refractivity contribution in [3.05, 3.63) is 30.5 Å². The first-order valence-corrected chi connectivity index (χ1v) is 5.80. The molecular formula is C13H14N2O2. The largest absolute Gasteiger partial charge is 0.484 e. The summed E-state index contributed by atoms with van der Waals surface area (Å²) in [7, 11) is 0. The van der Waals surface area contributed by atoms with Crippen LogP contribution in [0.1, 0.15) is 12.8 Å². The number of fused-ring (bicyclic) bond motifs is 1. The standard InChI is InChI=1S/C13H14N2O2/c16-13(15-10-1-2-10)8-17-11-3-4-12-9(7-11)5-6-14-12/h3-7,10,14H,1-2,8H2,(H,15,16). The maximum atomic E-state index is 11.4. The summed E-state index contributed by atoms with van der Waals surface area (Å²) in [5.74, 6) is 0.685. The van der Waals surface area contributed by atoms with Crippen molar-refractivity contribution in [2.24, 2.45) is 0 Å². The summed E-state index contributed by atoms with van der Waals surface area (Å²) in [6.07, 6.45) is 4.08. The molecule has 2 N–H and O–H groups in total. The Kier molecular flexibility index (Phi) is 2.48. The van der Waals surface area contributed by atoms with E-state index in [0.29, 0.717) is 6.04 Å². The third-order valence-electron chi connectivity index (χ3n) is 2.84. The first kappa shape index (κ1) is 10.2. The van der Waals surface area contributed by atoms with Crippen molar-refractivity contribution < 1.29 is 9.53 Å². The molecule has 1 saturated carbocycles. The number of ether oxygens (including phenoxy) is 1. The van der Waals surface area contributed by atoms with Crippen molar-refractivity contribution in [3.63, 3.8) is 0 Å². The van der Waals surface area contributed by atoms with Gasteiger partial charge in [-0.05, 0) is 37.1 Å². The number of hydrogen-bond acceptors (Lipinski definition) is 2. The molecule has 3 rings (SSSR count). The third-order valence-corrected chi connectivity index (χ3v) is 2.84. The van der Waals surface area contributed by atoms with E-state index < -0.39 is 0 Å². The van der Waals surface area contributed by atoms with Crippen LogP contribution in [0.5, 0.6) is 5.75 Å². The fraction of sp³-hybridized carbons (Fsp3) is 0.308. The number of amides is 1. The first-order chi connectivity index (χ1) is 8.31. The molecule has 1 aromatic carbocycles. The SMILES string of the molecule is O=C(COc1ccc2[nH]ccc2c1)NC1CC1. The molecule has 1 aromatic heterocycles. The predicted octanol–water partition coefficient (Wildman–Crippen LogP) is 1.83. The molecular weight excluding hydrogens is 216 g/mol. The Balaban J connectivity index is 1.61. The second-order valence-electron chi connectivity index (χ2n) is 4.36. The van der Waals surface area contributed by atoms with Gasteiger partial charge in [0.2, 0.25) is 0 Å². The van der Waals surface area contributed by atoms with Crippen LogP contribution in [-0.2, 0) is 4.79 Å². The molecule has 1 heterocycles. The van der Waals surface area contributed by atoms with Crippen LogP contribution in [0.15, 0.2) is 30.5 Å². The van der Waals surface area contributed by atoms with Crippen LogP contribution in [0.2, 0.25) is 0 Å². The molecule has 4 heteroatoms. The average Bonchev–Trinajstić information content (AvgIpc) is 3.01. The lowest BCUT2D eigenvalue weighted by Crippen LogP contribution is -2.30. The van der Waals surface area contributed by atoms with E-state index in [1.165, 1.54) is 0 Å². The summed E-state index contributed by atoms with van der Waals surface area (Å²) in [5, 5.41) is 3.97. The number of aromatic nitrogens is 1. The molecule has 1 aliphatic carbocycles. The van der Waals surface area contributed by atoms with Crippen molar-refractivity contribution >= 4 is 16.8 Å². The molecule has 0 spiro atoms. The number of aromatic amines is 1. The summed E-state index contributed by atoms with van der Waals surface area (Å²) in [6, 6.07) is 8.10. The van der Waals surface area contributed by atoms with E-state index in [4.69, 9.17) is 4.74 Å². The van der Waals surface area contributed by atoms with Gasteiger partial charge in [0.15, 0.2) is 6.61 Å². The number of rotatable bonds is 4. The van der Waals surface area contributed by atoms with Gasteiger partial charge in [-0.2, -0.15) is 0 Å². The van der Waals surface area contributed by atoms with Crippen molar-refractivity contribution in [3.8, 4) is 5.75 Å². The van der Waals surface area contributed by atoms with Crippen LogP contribution in [-0.4, -0.2) is 23.5 Å². The van der Waals surface area contributed by atoms with E-state index in [2.05, 4.69) is 10.3 Å². The minimum Gasteiger partial charge on any atom is -0.484 e. The molecule has 0 unspecified atom stereocenters. The molecule has 0 saturated heterocycles. The van der Waals surface area contributed by atoms with Crippen LogP contribution >= 0.6 is 0 Å². The summed E-state index contributed by atoms with van der Waals surface area (Å²) in [6.45, 7) is 0.0897. The fourth-order valence-electron chi connectivity index (χ4n) is 1.77. The van der Waals surface area contributed by atoms with E-state index in [-0.39, 0.29) is 12.5 Å². The van der Waals surface area contributed by atoms with Crippen LogP contribution in [0.25, 0.3) is 10.9 Å². The van der Waals surface area contributed by atoms with Crippen LogP contribution in [0.3, 0.4) is 0 Å². The number of carbonyl (C=O) groups is 1. The van der Waals surface area contributed by atoms with Crippen molar-refractivity contribution in [1.29, 1.82) is 0 Å². The van der Waals surface area contributed by atoms with Crippen LogP contribution < -0.4 is 10.1 Å². The van der Waals surface area contributed by atoms with Crippen molar-refractivity contribution in [1.82, 2.24) is 10.3 Å². The van der Waals surface area contributed by atoms with Gasteiger partial charge >= 0.3 is 0 Å². The molecule has 4 nitrogen and oxygen atoms in total. The van der Waals surface area contributed by atoms with Gasteiger partial charge in [-0.25, -0.2) is 0 Å². The molecule has 88 valence electrons. The van der Waals surface area contributed by atoms with Gasteiger partial charge in [0, 0.05) is 23.1 Å². The van der Waals surface area contributed by atoms with Gasteiger partial charge in [0.05, 0.1) is 0 Å². The molecule has 1 amide bonds. The Hall–Kier alpha value is -1.97. The van der Waals surface area contributed by atoms with Gasteiger partial charge in [0.1, 0.15) is 5.75 Å². The molecule has 1 fully saturated rings. The predicted molar refractivity (Wildman–Crippen MR) is 65.0 cm³/mol. The lowest BCUT2D eigenvalue weighted by Gasteiger charge is -2.06. The zero-order chi connectivity index (χ0) is 11.7. The number of nitrogens with one attached hydrogen (secondary N) is 2. The maximum Gasteiger partial charge on any atom is 0.258 e. The van der Waals surface area contributed by atoms with Gasteiger partial charge < -0.3 is 15.0 Å². The molecule has 17 heavy (non-hydrogen) atoms. The second-order valence-corrected chi connectivity index (χ2v) is 4.36. The lowest BCUT2D eigenvalue weighted by atomic mass is 10.2. The van der Waals surface area contributed by atoms with E-state index in [0.717, 1.165) is 29.5 Å². The van der Waals surface area contributed by atoms with Crippen LogP contribution in [0.4, 0.5) is 0 Å². The van der Waals surface area contributed by atoms with E-state index in [1.807, 2.05) is 30.5 Å². The monoisotopic (exact) mass is 230 g/mol. The topological polar surface area (TPSA) is 54.1 Å². The number of H-pyrrole nitrogens is 1. The number of carbonyl (C=O) groups excluding carboxylic acids is 1. The maximum absolute atomic E-state index is 11.4. The third kappa shape index (κ3) is 2.41. The van der Waals surface area contributed by atoms with Crippen molar-refractivity contribution in [2.45, 2.75) is 18.9 Å². The normalized spacial score (nSPS) is 14.8. The van der Waals surface area contributed by atoms with E-state index in [9.17, 15) is 4.79 Å². The Bertz CT molecular complexity index is 543. The fourth-order valence-corrected chi connectivity index (χ4v) is 1.77. The minimum absolute atomic E-state index is 0.0401. The second kappa shape index (κ2) is 4.13. The first-order valence-electron chi connectivity index (χ1n) is 5.80. The minimum atomic E-state index is -0.0401. The highest BCUT2D eigenvalue weighted by Gasteiger charge is 2.23. The molecule has 0 bridgehead atoms. The Morgan fingerprint density at radius 1 is 1.41 bits per heavy atom. The highest BCUT2D eigenvalue weighted by Crippen LogP contribution is 2.20. The van der Waals surface area contributed by atoms with Crippen LogP contribution in [0, 0.1) is 0 Å². The summed E-state index contributed by atoms with van der Waals surface area (Å²) >= 11 is 0. The van der Waals surface area contributed by atoms with E-state index >= 15 is 0 Å². The molecule has 0 radical (unpaired) electrons. The smallest absolute Gasteiger partial charge is 0.258 e. The molecule has 2 aromatic rings. The average molecular weight is 230 g/mol. The van der Waals surface area contributed by atoms with Gasteiger partial charge in [-0.3, -0.25) is 4.79 Å². The zero-order valence-electron chi connectivity index (χ0n) is 9.40. The Morgan fingerprint density at radius 3 is 3.12 bits per heavy atom. The Labute approximate surface area is 99.0 Å². The summed E-state index contributed by atoms with van der Waals surface area (Å²) < 4.78 is 5.45. The molecule has 0 atom stereocenters. The number of benzene rings is 1. The highest BCUT2D eigenvalue weighted by atomic mass is 16.5.